The maximum Gasteiger partial charge on any atom is 0.303 e. The summed E-state index contributed by atoms with van der Waals surface area (Å²) in [6.45, 7) is 0.485. The molecule has 0 unspecified atom stereocenters. The van der Waals surface area contributed by atoms with Gasteiger partial charge >= 0.3 is 5.97 Å². The predicted octanol–water partition coefficient (Wildman–Crippen LogP) is 5.76. The Hall–Kier alpha value is -3.95. The molecule has 4 aromatic rings. The maximum atomic E-state index is 14.9. The van der Waals surface area contributed by atoms with Crippen molar-refractivity contribution in [3.8, 4) is 28.5 Å². The van der Waals surface area contributed by atoms with Crippen LogP contribution in [0.2, 0.25) is 0 Å². The summed E-state index contributed by atoms with van der Waals surface area (Å²) in [7, 11) is 0. The topological polar surface area (TPSA) is 101 Å². The summed E-state index contributed by atoms with van der Waals surface area (Å²) in [5.74, 6) is -1.89. The zero-order chi connectivity index (χ0) is 25.2. The molecule has 0 amide bonds. The molecule has 2 N–H and O–H groups in total. The van der Waals surface area contributed by atoms with Gasteiger partial charge in [-0.1, -0.05) is 6.07 Å². The number of H-pyrrole nitrogens is 1. The zero-order valence-electron chi connectivity index (χ0n) is 19.2. The van der Waals surface area contributed by atoms with E-state index in [4.69, 9.17) is 9.84 Å². The Morgan fingerprint density at radius 2 is 1.78 bits per heavy atom. The second-order valence-electron chi connectivity index (χ2n) is 9.10. The summed E-state index contributed by atoms with van der Waals surface area (Å²) >= 11 is 0. The summed E-state index contributed by atoms with van der Waals surface area (Å²) in [5, 5.41) is 8.93. The monoisotopic (exact) mass is 496 g/mol. The molecule has 10 heteroatoms. The minimum atomic E-state index is -0.826. The predicted molar refractivity (Wildman–Crippen MR) is 126 cm³/mol. The number of aromatic amines is 1. The Morgan fingerprint density at radius 3 is 2.47 bits per heavy atom. The van der Waals surface area contributed by atoms with Crippen LogP contribution in [-0.2, 0) is 4.79 Å². The molecule has 5 rings (SSSR count). The third kappa shape index (κ3) is 5.17. The van der Waals surface area contributed by atoms with Gasteiger partial charge in [-0.25, -0.2) is 28.1 Å². The van der Waals surface area contributed by atoms with Gasteiger partial charge in [0.2, 0.25) is 5.88 Å². The quantitative estimate of drug-likeness (QED) is 0.337. The van der Waals surface area contributed by atoms with Gasteiger partial charge < -0.3 is 14.8 Å². The molecule has 36 heavy (non-hydrogen) atoms. The highest BCUT2D eigenvalue weighted by Gasteiger charge is 2.23. The number of halogens is 3. The van der Waals surface area contributed by atoms with E-state index in [0.29, 0.717) is 29.7 Å². The Morgan fingerprint density at radius 1 is 1.00 bits per heavy atom. The standard InChI is InChI=1S/C26H23F3N4O3/c27-17-9-20(29)25-21(10-17)32-26(33-25)18-6-5-16(8-19(18)28)22-11-31-23(12-30-22)36-13-15-3-1-14(2-4-15)7-24(34)35/h5-6,8-12,14-15H,1-4,7,13H2,(H,32,33)(H,34,35). The van der Waals surface area contributed by atoms with Gasteiger partial charge in [-0.05, 0) is 55.7 Å². The van der Waals surface area contributed by atoms with Crippen LogP contribution >= 0.6 is 0 Å². The smallest absolute Gasteiger partial charge is 0.303 e. The highest BCUT2D eigenvalue weighted by Crippen LogP contribution is 2.32. The number of ether oxygens (including phenoxy) is 1. The molecule has 0 aliphatic heterocycles. The lowest BCUT2D eigenvalue weighted by atomic mass is 9.81. The van der Waals surface area contributed by atoms with Crippen molar-refractivity contribution in [2.75, 3.05) is 6.61 Å². The summed E-state index contributed by atoms with van der Waals surface area (Å²) in [4.78, 5) is 26.3. The van der Waals surface area contributed by atoms with Crippen molar-refractivity contribution >= 4 is 17.0 Å². The first-order valence-corrected chi connectivity index (χ1v) is 11.7. The number of nitrogens with zero attached hydrogens (tertiary/aromatic N) is 3. The van der Waals surface area contributed by atoms with Crippen LogP contribution in [0.5, 0.6) is 5.88 Å². The van der Waals surface area contributed by atoms with Crippen molar-refractivity contribution < 1.29 is 27.8 Å². The average Bonchev–Trinajstić information content (AvgIpc) is 3.27. The van der Waals surface area contributed by atoms with Gasteiger partial charge in [0.25, 0.3) is 0 Å². The molecule has 0 bridgehead atoms. The number of fused-ring (bicyclic) bond motifs is 1. The molecule has 1 aliphatic rings. The average molecular weight is 496 g/mol. The molecule has 0 atom stereocenters. The van der Waals surface area contributed by atoms with Crippen molar-refractivity contribution in [2.45, 2.75) is 32.1 Å². The number of carboxylic acid groups (broad SMARTS) is 1. The van der Waals surface area contributed by atoms with Gasteiger partial charge in [0.05, 0.1) is 35.8 Å². The first-order valence-electron chi connectivity index (χ1n) is 11.7. The van der Waals surface area contributed by atoms with E-state index in [-0.39, 0.29) is 34.8 Å². The molecular formula is C26H23F3N4O3. The van der Waals surface area contributed by atoms with E-state index < -0.39 is 23.4 Å². The second kappa shape index (κ2) is 9.96. The number of hydrogen-bond acceptors (Lipinski definition) is 5. The molecule has 7 nitrogen and oxygen atoms in total. The summed E-state index contributed by atoms with van der Waals surface area (Å²) in [5.41, 5.74) is 1.12. The Bertz CT molecular complexity index is 1400. The van der Waals surface area contributed by atoms with Crippen LogP contribution in [0.15, 0.2) is 42.7 Å². The number of aliphatic carboxylic acids is 1. The summed E-state index contributed by atoms with van der Waals surface area (Å²) in [6.07, 6.45) is 6.79. The van der Waals surface area contributed by atoms with Gasteiger partial charge in [-0.15, -0.1) is 0 Å². The van der Waals surface area contributed by atoms with Crippen LogP contribution in [0.1, 0.15) is 32.1 Å². The van der Waals surface area contributed by atoms with E-state index in [9.17, 15) is 18.0 Å². The van der Waals surface area contributed by atoms with Crippen molar-refractivity contribution in [3.63, 3.8) is 0 Å². The highest BCUT2D eigenvalue weighted by atomic mass is 19.1. The molecule has 0 spiro atoms. The Labute approximate surface area is 204 Å². The molecule has 186 valence electrons. The number of carboxylic acids is 1. The highest BCUT2D eigenvalue weighted by molar-refractivity contribution is 5.80. The van der Waals surface area contributed by atoms with Crippen molar-refractivity contribution in [1.82, 2.24) is 19.9 Å². The fraction of sp³-hybridized carbons (Fsp3) is 0.308. The minimum Gasteiger partial charge on any atom is -0.481 e. The van der Waals surface area contributed by atoms with Crippen LogP contribution < -0.4 is 4.74 Å². The van der Waals surface area contributed by atoms with Crippen LogP contribution in [0.4, 0.5) is 13.2 Å². The SMILES string of the molecule is O=C(O)CC1CCC(COc2cnc(-c3ccc(-c4nc5c(F)cc(F)cc5[nH]4)c(F)c3)cn2)CC1. The van der Waals surface area contributed by atoms with Gasteiger partial charge in [-0.3, -0.25) is 4.79 Å². The van der Waals surface area contributed by atoms with E-state index in [1.165, 1.54) is 24.5 Å². The van der Waals surface area contributed by atoms with Crippen LogP contribution in [0.25, 0.3) is 33.7 Å². The number of nitrogens with one attached hydrogen (secondary N) is 1. The maximum absolute atomic E-state index is 14.9. The first kappa shape index (κ1) is 23.8. The van der Waals surface area contributed by atoms with Crippen molar-refractivity contribution in [1.29, 1.82) is 0 Å². The van der Waals surface area contributed by atoms with Crippen molar-refractivity contribution in [2.24, 2.45) is 11.8 Å². The van der Waals surface area contributed by atoms with E-state index in [1.54, 1.807) is 6.07 Å². The fourth-order valence-electron chi connectivity index (χ4n) is 4.63. The lowest BCUT2D eigenvalue weighted by molar-refractivity contribution is -0.138. The third-order valence-corrected chi connectivity index (χ3v) is 6.55. The van der Waals surface area contributed by atoms with Gasteiger partial charge in [-0.2, -0.15) is 0 Å². The molecule has 0 saturated heterocycles. The number of imidazole rings is 1. The van der Waals surface area contributed by atoms with Crippen LogP contribution in [0, 0.1) is 29.3 Å². The lowest BCUT2D eigenvalue weighted by Crippen LogP contribution is -2.21. The van der Waals surface area contributed by atoms with E-state index in [0.717, 1.165) is 37.8 Å². The molecular weight excluding hydrogens is 473 g/mol. The number of benzene rings is 2. The molecule has 2 aromatic carbocycles. The summed E-state index contributed by atoms with van der Waals surface area (Å²) in [6, 6.07) is 6.24. The lowest BCUT2D eigenvalue weighted by Gasteiger charge is -2.27. The van der Waals surface area contributed by atoms with E-state index >= 15 is 0 Å². The molecule has 1 aliphatic carbocycles. The summed E-state index contributed by atoms with van der Waals surface area (Å²) < 4.78 is 48.1. The van der Waals surface area contributed by atoms with E-state index in [1.807, 2.05) is 0 Å². The number of hydrogen-bond donors (Lipinski definition) is 2. The first-order chi connectivity index (χ1) is 17.4. The molecule has 2 aromatic heterocycles. The fourth-order valence-corrected chi connectivity index (χ4v) is 4.63. The number of aromatic nitrogens is 4. The molecule has 2 heterocycles. The second-order valence-corrected chi connectivity index (χ2v) is 9.10. The van der Waals surface area contributed by atoms with Crippen LogP contribution in [-0.4, -0.2) is 37.6 Å². The third-order valence-electron chi connectivity index (χ3n) is 6.55. The number of rotatable bonds is 7. The van der Waals surface area contributed by atoms with Gasteiger partial charge in [0.1, 0.15) is 23.0 Å². The largest absolute Gasteiger partial charge is 0.481 e. The number of carbonyl (C=O) groups is 1. The molecule has 1 fully saturated rings. The molecule has 0 radical (unpaired) electrons. The Balaban J connectivity index is 1.23. The van der Waals surface area contributed by atoms with Crippen molar-refractivity contribution in [3.05, 3.63) is 60.2 Å². The minimum absolute atomic E-state index is 0.0652. The normalized spacial score (nSPS) is 17.9. The Kier molecular flexibility index (Phi) is 6.58. The molecule has 1 saturated carbocycles. The van der Waals surface area contributed by atoms with Gasteiger partial charge in [0, 0.05) is 18.1 Å². The van der Waals surface area contributed by atoms with Gasteiger partial charge in [0.15, 0.2) is 5.82 Å². The van der Waals surface area contributed by atoms with E-state index in [2.05, 4.69) is 19.9 Å². The van der Waals surface area contributed by atoms with Crippen LogP contribution in [0.3, 0.4) is 0 Å². The zero-order valence-corrected chi connectivity index (χ0v) is 19.2.